The summed E-state index contributed by atoms with van der Waals surface area (Å²) in [5.74, 6) is -1.79. The molecule has 0 amide bonds. The van der Waals surface area contributed by atoms with Crippen LogP contribution in [0, 0.1) is 0 Å². The molecule has 0 spiro atoms. The SMILES string of the molecule is CC/C=C/C/C=C/CCCCC(=O)OC(COCCC(C(=O)[O-])[N+](C)(C)C)COC(=O)CCCCCCCCC/C=C/CCCCCCCCCCCCCC. The van der Waals surface area contributed by atoms with Crippen LogP contribution < -0.4 is 5.11 Å². The number of likely N-dealkylation sites (N-methyl/N-ethyl adjacent to an activating group) is 1. The van der Waals surface area contributed by atoms with Gasteiger partial charge in [-0.2, -0.15) is 0 Å². The number of carbonyl (C=O) groups is 3. The van der Waals surface area contributed by atoms with Gasteiger partial charge in [0, 0.05) is 19.3 Å². The number of ether oxygens (including phenoxy) is 3. The van der Waals surface area contributed by atoms with Gasteiger partial charge >= 0.3 is 11.9 Å². The molecule has 0 aliphatic heterocycles. The zero-order valence-corrected chi connectivity index (χ0v) is 37.1. The van der Waals surface area contributed by atoms with Crippen LogP contribution in [0.5, 0.6) is 0 Å². The number of esters is 2. The molecule has 0 fully saturated rings. The molecule has 0 bridgehead atoms. The van der Waals surface area contributed by atoms with E-state index in [1.165, 1.54) is 116 Å². The molecule has 0 N–H and O–H groups in total. The number of carbonyl (C=O) groups excluding carboxylic acids is 3. The molecule has 2 unspecified atom stereocenters. The minimum atomic E-state index is -1.13. The van der Waals surface area contributed by atoms with Crippen molar-refractivity contribution in [2.24, 2.45) is 0 Å². The van der Waals surface area contributed by atoms with E-state index in [0.717, 1.165) is 44.9 Å². The summed E-state index contributed by atoms with van der Waals surface area (Å²) in [6.07, 6.45) is 44.9. The Labute approximate surface area is 344 Å². The lowest BCUT2D eigenvalue weighted by atomic mass is 10.0. The van der Waals surface area contributed by atoms with Crippen LogP contribution in [0.2, 0.25) is 0 Å². The van der Waals surface area contributed by atoms with E-state index in [1.54, 1.807) is 21.1 Å². The molecular weight excluding hydrogens is 703 g/mol. The van der Waals surface area contributed by atoms with Gasteiger partial charge in [0.05, 0.1) is 40.3 Å². The van der Waals surface area contributed by atoms with E-state index in [0.29, 0.717) is 12.8 Å². The van der Waals surface area contributed by atoms with Gasteiger partial charge in [-0.15, -0.1) is 0 Å². The fourth-order valence-electron chi connectivity index (χ4n) is 6.69. The highest BCUT2D eigenvalue weighted by Crippen LogP contribution is 2.15. The van der Waals surface area contributed by atoms with E-state index >= 15 is 0 Å². The minimum absolute atomic E-state index is 0.0270. The van der Waals surface area contributed by atoms with Crippen LogP contribution in [0.4, 0.5) is 0 Å². The van der Waals surface area contributed by atoms with Crippen molar-refractivity contribution in [2.75, 3.05) is 41.0 Å². The van der Waals surface area contributed by atoms with Gasteiger partial charge in [-0.3, -0.25) is 9.59 Å². The molecule has 0 heterocycles. The topological polar surface area (TPSA) is 102 Å². The highest BCUT2D eigenvalue weighted by molar-refractivity contribution is 5.70. The Balaban J connectivity index is 4.15. The first-order valence-corrected chi connectivity index (χ1v) is 23.0. The van der Waals surface area contributed by atoms with Crippen LogP contribution >= 0.6 is 0 Å². The fraction of sp³-hybridized carbons (Fsp3) is 0.812. The lowest BCUT2D eigenvalue weighted by molar-refractivity contribution is -0.889. The molecule has 0 aromatic rings. The number of quaternary nitrogens is 1. The van der Waals surface area contributed by atoms with Crippen LogP contribution in [0.15, 0.2) is 36.5 Å². The minimum Gasteiger partial charge on any atom is -0.544 e. The predicted octanol–water partition coefficient (Wildman–Crippen LogP) is 11.3. The number of allylic oxidation sites excluding steroid dienone is 6. The second kappa shape index (κ2) is 39.4. The Morgan fingerprint density at radius 3 is 1.52 bits per heavy atom. The quantitative estimate of drug-likeness (QED) is 0.0263. The van der Waals surface area contributed by atoms with Crippen molar-refractivity contribution >= 4 is 17.9 Å². The molecule has 8 nitrogen and oxygen atoms in total. The Morgan fingerprint density at radius 1 is 0.554 bits per heavy atom. The van der Waals surface area contributed by atoms with Crippen LogP contribution in [0.25, 0.3) is 0 Å². The van der Waals surface area contributed by atoms with Crippen molar-refractivity contribution in [3.63, 3.8) is 0 Å². The van der Waals surface area contributed by atoms with E-state index in [1.807, 2.05) is 0 Å². The van der Waals surface area contributed by atoms with Gasteiger partial charge in [0.25, 0.3) is 0 Å². The number of nitrogens with zero attached hydrogens (tertiary/aromatic N) is 1. The number of carboxylic acid groups (broad SMARTS) is 1. The molecule has 0 saturated carbocycles. The maximum absolute atomic E-state index is 12.6. The van der Waals surface area contributed by atoms with Gasteiger partial charge in [-0.25, -0.2) is 0 Å². The zero-order valence-electron chi connectivity index (χ0n) is 37.1. The summed E-state index contributed by atoms with van der Waals surface area (Å²) in [4.78, 5) is 36.7. The normalized spacial score (nSPS) is 13.2. The van der Waals surface area contributed by atoms with Crippen molar-refractivity contribution < 1.29 is 38.2 Å². The Bertz CT molecular complexity index is 1020. The van der Waals surface area contributed by atoms with Crippen molar-refractivity contribution in [2.45, 2.75) is 212 Å². The van der Waals surface area contributed by atoms with Gasteiger partial charge in [0.15, 0.2) is 6.10 Å². The first kappa shape index (κ1) is 53.6. The van der Waals surface area contributed by atoms with Crippen molar-refractivity contribution in [3.8, 4) is 0 Å². The molecule has 0 aliphatic carbocycles. The summed E-state index contributed by atoms with van der Waals surface area (Å²) in [6.45, 7) is 4.50. The molecule has 8 heteroatoms. The van der Waals surface area contributed by atoms with Crippen LogP contribution in [-0.2, 0) is 28.6 Å². The molecule has 0 aromatic heterocycles. The summed E-state index contributed by atoms with van der Waals surface area (Å²) < 4.78 is 17.1. The summed E-state index contributed by atoms with van der Waals surface area (Å²) in [6, 6.07) is -0.730. The van der Waals surface area contributed by atoms with Gasteiger partial charge in [-0.1, -0.05) is 153 Å². The third kappa shape index (κ3) is 37.1. The van der Waals surface area contributed by atoms with Crippen LogP contribution in [0.3, 0.4) is 0 Å². The molecule has 0 aromatic carbocycles. The number of aliphatic carboxylic acids is 1. The van der Waals surface area contributed by atoms with E-state index in [2.05, 4.69) is 50.3 Å². The van der Waals surface area contributed by atoms with E-state index in [9.17, 15) is 19.5 Å². The molecule has 2 atom stereocenters. The second-order valence-electron chi connectivity index (χ2n) is 16.6. The molecule has 56 heavy (non-hydrogen) atoms. The molecule has 0 radical (unpaired) electrons. The third-order valence-electron chi connectivity index (χ3n) is 10.3. The molecule has 0 saturated heterocycles. The second-order valence-corrected chi connectivity index (χ2v) is 16.6. The van der Waals surface area contributed by atoms with Crippen molar-refractivity contribution in [1.82, 2.24) is 0 Å². The maximum atomic E-state index is 12.6. The molecule has 326 valence electrons. The number of carboxylic acids is 1. The van der Waals surface area contributed by atoms with Gasteiger partial charge in [0.1, 0.15) is 12.6 Å². The van der Waals surface area contributed by atoms with Gasteiger partial charge in [0.2, 0.25) is 0 Å². The average molecular weight is 790 g/mol. The Morgan fingerprint density at radius 2 is 1.00 bits per heavy atom. The predicted molar refractivity (Wildman–Crippen MR) is 231 cm³/mol. The summed E-state index contributed by atoms with van der Waals surface area (Å²) in [5.41, 5.74) is 0. The zero-order chi connectivity index (χ0) is 41.4. The number of rotatable bonds is 41. The summed E-state index contributed by atoms with van der Waals surface area (Å²) >= 11 is 0. The summed E-state index contributed by atoms with van der Waals surface area (Å²) in [7, 11) is 5.39. The lowest BCUT2D eigenvalue weighted by Crippen LogP contribution is -2.55. The largest absolute Gasteiger partial charge is 0.544 e. The maximum Gasteiger partial charge on any atom is 0.306 e. The molecular formula is C48H87NO7. The van der Waals surface area contributed by atoms with Crippen LogP contribution in [0.1, 0.15) is 200 Å². The van der Waals surface area contributed by atoms with E-state index in [-0.39, 0.29) is 49.1 Å². The highest BCUT2D eigenvalue weighted by Gasteiger charge is 2.25. The third-order valence-corrected chi connectivity index (χ3v) is 10.3. The Hall–Kier alpha value is -2.45. The lowest BCUT2D eigenvalue weighted by Gasteiger charge is -2.34. The smallest absolute Gasteiger partial charge is 0.306 e. The first-order valence-electron chi connectivity index (χ1n) is 23.0. The van der Waals surface area contributed by atoms with Crippen molar-refractivity contribution in [3.05, 3.63) is 36.5 Å². The monoisotopic (exact) mass is 790 g/mol. The molecule has 0 rings (SSSR count). The standard InChI is InChI=1S/C48H87NO7/c1-6-8-10-12-14-16-17-18-19-20-21-22-23-24-25-26-27-28-29-31-32-34-36-38-46(50)55-43-44(42-54-41-40-45(48(52)53)49(3,4)5)56-47(51)39-37-35-33-30-15-13-11-9-7-2/h9,11,15,24-25,30,44-45H,6-8,10,12-14,16-23,26-29,31-43H2,1-5H3/b11-9+,25-24+,30-15+. The fourth-order valence-corrected chi connectivity index (χ4v) is 6.69. The number of hydrogen-bond donors (Lipinski definition) is 0. The number of unbranched alkanes of at least 4 members (excludes halogenated alkanes) is 21. The number of hydrogen-bond acceptors (Lipinski definition) is 7. The molecule has 0 aliphatic rings. The van der Waals surface area contributed by atoms with E-state index in [4.69, 9.17) is 14.2 Å². The van der Waals surface area contributed by atoms with Crippen LogP contribution in [-0.4, -0.2) is 75.5 Å². The summed E-state index contributed by atoms with van der Waals surface area (Å²) in [5, 5.41) is 11.6. The van der Waals surface area contributed by atoms with Crippen molar-refractivity contribution in [1.29, 1.82) is 0 Å². The Kier molecular flexibility index (Phi) is 37.7. The van der Waals surface area contributed by atoms with Gasteiger partial charge in [-0.05, 0) is 64.2 Å². The van der Waals surface area contributed by atoms with Gasteiger partial charge < -0.3 is 28.6 Å². The van der Waals surface area contributed by atoms with E-state index < -0.39 is 18.1 Å². The first-order chi connectivity index (χ1) is 27.1. The average Bonchev–Trinajstić information content (AvgIpc) is 3.15. The highest BCUT2D eigenvalue weighted by atomic mass is 16.6.